The molecule has 1 fully saturated rings. The molecule has 1 aliphatic carbocycles. The van der Waals surface area contributed by atoms with Gasteiger partial charge in [-0.05, 0) is 41.2 Å². The van der Waals surface area contributed by atoms with E-state index in [1.54, 1.807) is 0 Å². The second-order valence-electron chi connectivity index (χ2n) is 6.83. The Morgan fingerprint density at radius 2 is 1.84 bits per heavy atom. The average molecular weight is 279 g/mol. The topological polar surface area (TPSA) is 0 Å². The minimum Gasteiger partial charge on any atom is -0.118 e. The average Bonchev–Trinajstić information content (AvgIpc) is 2.84. The molecule has 19 heavy (non-hydrogen) atoms. The quantitative estimate of drug-likeness (QED) is 0.585. The summed E-state index contributed by atoms with van der Waals surface area (Å²) in [4.78, 5) is 0. The third-order valence-corrected chi connectivity index (χ3v) is 5.77. The van der Waals surface area contributed by atoms with Crippen LogP contribution in [-0.4, -0.2) is 0 Å². The summed E-state index contributed by atoms with van der Waals surface area (Å²) in [5.41, 5.74) is 2.99. The van der Waals surface area contributed by atoms with Crippen molar-refractivity contribution in [2.45, 2.75) is 64.2 Å². The van der Waals surface area contributed by atoms with Crippen LogP contribution in [0.15, 0.2) is 24.3 Å². The fourth-order valence-electron chi connectivity index (χ4n) is 3.18. The van der Waals surface area contributed by atoms with Crippen LogP contribution in [-0.2, 0) is 5.41 Å². The third kappa shape index (κ3) is 3.16. The number of benzene rings is 1. The molecule has 0 aliphatic heterocycles. The highest BCUT2D eigenvalue weighted by molar-refractivity contribution is 6.21. The second kappa shape index (κ2) is 5.87. The lowest BCUT2D eigenvalue weighted by atomic mass is 9.81. The van der Waals surface area contributed by atoms with Gasteiger partial charge in [-0.3, -0.25) is 0 Å². The summed E-state index contributed by atoms with van der Waals surface area (Å²) in [6.45, 7) is 9.21. The van der Waals surface area contributed by atoms with E-state index in [4.69, 9.17) is 11.6 Å². The van der Waals surface area contributed by atoms with Crippen LogP contribution >= 0.6 is 11.6 Å². The molecule has 3 atom stereocenters. The first kappa shape index (κ1) is 14.9. The minimum absolute atomic E-state index is 0.191. The Morgan fingerprint density at radius 1 is 1.21 bits per heavy atom. The van der Waals surface area contributed by atoms with Gasteiger partial charge in [-0.25, -0.2) is 0 Å². The zero-order valence-corrected chi connectivity index (χ0v) is 13.5. The summed E-state index contributed by atoms with van der Waals surface area (Å²) < 4.78 is 0. The molecule has 1 aromatic carbocycles. The van der Waals surface area contributed by atoms with Crippen LogP contribution in [0.2, 0.25) is 0 Å². The van der Waals surface area contributed by atoms with Gasteiger partial charge in [0.25, 0.3) is 0 Å². The maximum Gasteiger partial charge on any atom is 0.0615 e. The molecular formula is C18H27Cl. The van der Waals surface area contributed by atoms with Gasteiger partial charge in [0.2, 0.25) is 0 Å². The Bertz CT molecular complexity index is 404. The van der Waals surface area contributed by atoms with Gasteiger partial charge in [-0.2, -0.15) is 0 Å². The molecule has 1 heteroatoms. The summed E-state index contributed by atoms with van der Waals surface area (Å²) in [6, 6.07) is 9.03. The van der Waals surface area contributed by atoms with Crippen LogP contribution in [0, 0.1) is 11.8 Å². The van der Waals surface area contributed by atoms with Gasteiger partial charge >= 0.3 is 0 Å². The predicted molar refractivity (Wildman–Crippen MR) is 84.9 cm³/mol. The highest BCUT2D eigenvalue weighted by Crippen LogP contribution is 2.43. The zero-order valence-electron chi connectivity index (χ0n) is 12.7. The third-order valence-electron chi connectivity index (χ3n) is 5.20. The van der Waals surface area contributed by atoms with Crippen molar-refractivity contribution in [1.82, 2.24) is 0 Å². The Labute approximate surface area is 123 Å². The predicted octanol–water partition coefficient (Wildman–Crippen LogP) is 6.09. The first-order valence-electron chi connectivity index (χ1n) is 7.70. The van der Waals surface area contributed by atoms with E-state index in [9.17, 15) is 0 Å². The van der Waals surface area contributed by atoms with Crippen molar-refractivity contribution >= 4 is 11.6 Å². The largest absolute Gasteiger partial charge is 0.118 e. The van der Waals surface area contributed by atoms with Crippen molar-refractivity contribution in [1.29, 1.82) is 0 Å². The molecular weight excluding hydrogens is 252 g/mol. The van der Waals surface area contributed by atoms with E-state index >= 15 is 0 Å². The molecule has 0 N–H and O–H groups in total. The monoisotopic (exact) mass is 278 g/mol. The van der Waals surface area contributed by atoms with E-state index in [-0.39, 0.29) is 10.8 Å². The normalized spacial score (nSPS) is 25.5. The maximum atomic E-state index is 6.71. The van der Waals surface area contributed by atoms with Gasteiger partial charge < -0.3 is 0 Å². The van der Waals surface area contributed by atoms with Crippen molar-refractivity contribution in [2.24, 2.45) is 11.8 Å². The highest BCUT2D eigenvalue weighted by Gasteiger charge is 2.30. The molecule has 106 valence electrons. The number of halogens is 1. The van der Waals surface area contributed by atoms with Crippen LogP contribution in [0.3, 0.4) is 0 Å². The first-order valence-corrected chi connectivity index (χ1v) is 8.14. The summed E-state index contributed by atoms with van der Waals surface area (Å²) in [5, 5.41) is 0.191. The Kier molecular flexibility index (Phi) is 4.61. The number of rotatable bonds is 4. The smallest absolute Gasteiger partial charge is 0.0615 e. The lowest BCUT2D eigenvalue weighted by Crippen LogP contribution is -2.16. The van der Waals surface area contributed by atoms with Crippen LogP contribution in [0.1, 0.15) is 69.9 Å². The first-order chi connectivity index (χ1) is 8.95. The van der Waals surface area contributed by atoms with Crippen LogP contribution in [0.5, 0.6) is 0 Å². The Hall–Kier alpha value is -0.490. The van der Waals surface area contributed by atoms with Gasteiger partial charge in [0.1, 0.15) is 0 Å². The number of hydrogen-bond acceptors (Lipinski definition) is 0. The zero-order chi connectivity index (χ0) is 14.0. The Balaban J connectivity index is 2.14. The molecule has 0 amide bonds. The summed E-state index contributed by atoms with van der Waals surface area (Å²) in [7, 11) is 0. The van der Waals surface area contributed by atoms with E-state index in [1.165, 1.54) is 30.4 Å². The molecule has 0 radical (unpaired) electrons. The van der Waals surface area contributed by atoms with Crippen LogP contribution in [0.25, 0.3) is 0 Å². The van der Waals surface area contributed by atoms with Crippen molar-refractivity contribution in [3.63, 3.8) is 0 Å². The van der Waals surface area contributed by atoms with E-state index in [2.05, 4.69) is 52.0 Å². The molecule has 0 nitrogen and oxygen atoms in total. The molecule has 3 unspecified atom stereocenters. The second-order valence-corrected chi connectivity index (χ2v) is 7.30. The van der Waals surface area contributed by atoms with E-state index < -0.39 is 0 Å². The van der Waals surface area contributed by atoms with E-state index in [0.717, 1.165) is 12.3 Å². The van der Waals surface area contributed by atoms with Gasteiger partial charge in [0.05, 0.1) is 5.38 Å². The van der Waals surface area contributed by atoms with Gasteiger partial charge in [0, 0.05) is 0 Å². The van der Waals surface area contributed by atoms with Crippen molar-refractivity contribution in [3.8, 4) is 0 Å². The van der Waals surface area contributed by atoms with E-state index in [0.29, 0.717) is 5.92 Å². The molecule has 1 aliphatic rings. The van der Waals surface area contributed by atoms with Gasteiger partial charge in [0.15, 0.2) is 0 Å². The molecule has 1 aromatic rings. The lowest BCUT2D eigenvalue weighted by Gasteiger charge is -2.25. The molecule has 0 saturated heterocycles. The standard InChI is InChI=1S/C18H27Cl/c1-5-18(3,4)15-11-9-14(10-12-15)17(19)16-8-6-7-13(16)2/h9-13,16-17H,5-8H2,1-4H3. The molecule has 0 aromatic heterocycles. The van der Waals surface area contributed by atoms with Crippen LogP contribution in [0.4, 0.5) is 0 Å². The molecule has 2 rings (SSSR count). The molecule has 0 heterocycles. The fraction of sp³-hybridized carbons (Fsp3) is 0.667. The molecule has 1 saturated carbocycles. The lowest BCUT2D eigenvalue weighted by molar-refractivity contribution is 0.405. The van der Waals surface area contributed by atoms with Gasteiger partial charge in [-0.1, -0.05) is 64.8 Å². The number of hydrogen-bond donors (Lipinski definition) is 0. The summed E-state index contributed by atoms with van der Waals surface area (Å²) >= 11 is 6.71. The van der Waals surface area contributed by atoms with Crippen molar-refractivity contribution in [2.75, 3.05) is 0 Å². The van der Waals surface area contributed by atoms with E-state index in [1.807, 2.05) is 0 Å². The molecule has 0 bridgehead atoms. The highest BCUT2D eigenvalue weighted by atomic mass is 35.5. The molecule has 0 spiro atoms. The SMILES string of the molecule is CCC(C)(C)c1ccc(C(Cl)C2CCCC2C)cc1. The Morgan fingerprint density at radius 3 is 2.32 bits per heavy atom. The van der Waals surface area contributed by atoms with Crippen molar-refractivity contribution < 1.29 is 0 Å². The summed E-state index contributed by atoms with van der Waals surface area (Å²) in [5.74, 6) is 1.43. The number of alkyl halides is 1. The fourth-order valence-corrected chi connectivity index (χ4v) is 3.70. The van der Waals surface area contributed by atoms with Gasteiger partial charge in [-0.15, -0.1) is 11.6 Å². The minimum atomic E-state index is 0.191. The maximum absolute atomic E-state index is 6.71. The van der Waals surface area contributed by atoms with Crippen molar-refractivity contribution in [3.05, 3.63) is 35.4 Å². The summed E-state index contributed by atoms with van der Waals surface area (Å²) in [6.07, 6.45) is 5.14. The van der Waals surface area contributed by atoms with Crippen LogP contribution < -0.4 is 0 Å².